The quantitative estimate of drug-likeness (QED) is 0.0461. The Morgan fingerprint density at radius 1 is 0.965 bits per heavy atom. The first-order valence-electron chi connectivity index (χ1n) is 32.4. The van der Waals surface area contributed by atoms with Gasteiger partial charge in [-0.25, -0.2) is 5.01 Å². The molecule has 6 saturated heterocycles. The summed E-state index contributed by atoms with van der Waals surface area (Å²) in [5, 5.41) is 6.56. The number of hydrogen-bond donors (Lipinski definition) is 2. The van der Waals surface area contributed by atoms with Gasteiger partial charge in [-0.2, -0.15) is 0 Å². The molecule has 6 aliphatic rings. The van der Waals surface area contributed by atoms with E-state index < -0.39 is 23.1 Å². The fraction of sp³-hybridized carbons (Fsp3) is 0.731. The number of anilines is 2. The maximum absolute atomic E-state index is 14.7. The average Bonchev–Trinajstić information content (AvgIpc) is 1.49. The molecule has 1 spiro atoms. The first-order valence-corrected chi connectivity index (χ1v) is 32.4. The standard InChI is InChI=1S/C60H90N8O9.C5H12N2.C2H6/c1-12-21-63-24-26-65(27-25-63)47-31-49(54(61-33-47)43(5)73-10)56-50(32-58(7,8)37-77-44(6)70)48-30-46(16-17-52(48)67(56)13-2)64(28-29-72-9)23-19-53(66-35-59(36-66)38-75-39-59)51(34-69)62-57(71)55(42(3)4)68-22-14-15-45(68)18-20-60(74-11)40-76-41-60;1-7-5-3-2-4-6-7;1-2/h16-17,30-31,33-34,42-43,45,51,53,55H,12-15,19,21-29,32,35-41H2,1-11H3,(H,62,71);6H,2-5H2,1H3;1-2H3. The van der Waals surface area contributed by atoms with Crippen LogP contribution in [0.5, 0.6) is 0 Å². The summed E-state index contributed by atoms with van der Waals surface area (Å²) in [6.45, 7) is 35.1. The van der Waals surface area contributed by atoms with Gasteiger partial charge in [-0.3, -0.25) is 34.7 Å². The van der Waals surface area contributed by atoms with Crippen LogP contribution in [0.15, 0.2) is 30.5 Å². The van der Waals surface area contributed by atoms with Crippen LogP contribution in [0.3, 0.4) is 0 Å². The maximum Gasteiger partial charge on any atom is 0.302 e. The number of benzene rings is 1. The zero-order valence-corrected chi connectivity index (χ0v) is 55.1. The number of carbonyl (C=O) groups excluding carboxylic acids is 3. The van der Waals surface area contributed by atoms with Crippen LogP contribution in [0.1, 0.15) is 125 Å². The lowest BCUT2D eigenvalue weighted by molar-refractivity contribution is -0.200. The van der Waals surface area contributed by atoms with E-state index in [1.807, 2.05) is 20.0 Å². The predicted octanol–water partition coefficient (Wildman–Crippen LogP) is 7.47. The SMILES string of the molecule is CC.CCCN1CCN(c2cnc(C(C)OC)c(-c3c(CC(C)(C)COC(C)=O)c4cc(N(CCOC)CCC(C(C=O)NC(=O)C(C(C)C)N5CCCC5C#CC5(OC)COC5)N5CC6(COC6)C5)ccc4n3CC)c2)CC1.CN1CCCCN1. The van der Waals surface area contributed by atoms with Crippen LogP contribution >= 0.6 is 0 Å². The van der Waals surface area contributed by atoms with E-state index >= 15 is 0 Å². The normalized spacial score (nSPS) is 21.1. The van der Waals surface area contributed by atoms with Crippen molar-refractivity contribution in [3.8, 4) is 23.1 Å². The lowest BCUT2D eigenvalue weighted by Crippen LogP contribution is -2.71. The average molecular weight is 1200 g/mol. The lowest BCUT2D eigenvalue weighted by Gasteiger charge is -2.58. The molecule has 5 unspecified atom stereocenters. The molecule has 1 amide bonds. The summed E-state index contributed by atoms with van der Waals surface area (Å²) in [6.07, 6.45) is 9.53. The van der Waals surface area contributed by atoms with Crippen LogP contribution in [0.2, 0.25) is 0 Å². The number of aldehydes is 1. The topological polar surface area (TPSA) is 168 Å². The van der Waals surface area contributed by atoms with Crippen molar-refractivity contribution in [2.75, 3.05) is 156 Å². The van der Waals surface area contributed by atoms with Crippen LogP contribution < -0.4 is 20.5 Å². The third-order valence-electron chi connectivity index (χ3n) is 18.2. The third kappa shape index (κ3) is 17.0. The molecule has 8 heterocycles. The number of likely N-dealkylation sites (tertiary alicyclic amines) is 2. The number of aryl methyl sites for hydroxylation is 1. The molecule has 6 fully saturated rings. The van der Waals surface area contributed by atoms with Gasteiger partial charge in [0.1, 0.15) is 12.3 Å². The molecule has 86 heavy (non-hydrogen) atoms. The molecule has 5 atom stereocenters. The summed E-state index contributed by atoms with van der Waals surface area (Å²) in [5.41, 5.74) is 9.65. The number of piperazine rings is 1. The Morgan fingerprint density at radius 2 is 1.70 bits per heavy atom. The first kappa shape index (κ1) is 68.8. The number of aromatic nitrogens is 2. The van der Waals surface area contributed by atoms with Crippen molar-refractivity contribution in [3.05, 3.63) is 41.7 Å². The Balaban J connectivity index is 0.00000108. The highest BCUT2D eigenvalue weighted by atomic mass is 16.6. The number of pyridine rings is 1. The van der Waals surface area contributed by atoms with E-state index in [1.165, 1.54) is 26.3 Å². The number of rotatable bonds is 26. The second kappa shape index (κ2) is 32.1. The summed E-state index contributed by atoms with van der Waals surface area (Å²) in [4.78, 5) is 57.7. The Labute approximate surface area is 515 Å². The van der Waals surface area contributed by atoms with Gasteiger partial charge in [0.25, 0.3) is 0 Å². The van der Waals surface area contributed by atoms with Crippen LogP contribution in [0.4, 0.5) is 11.4 Å². The van der Waals surface area contributed by atoms with Gasteiger partial charge in [0.15, 0.2) is 5.60 Å². The van der Waals surface area contributed by atoms with E-state index in [0.29, 0.717) is 65.5 Å². The molecule has 9 rings (SSSR count). The van der Waals surface area contributed by atoms with Gasteiger partial charge in [-0.05, 0) is 101 Å². The molecule has 19 heteroatoms. The maximum atomic E-state index is 14.7. The second-order valence-corrected chi connectivity index (χ2v) is 25.7. The number of ether oxygens (including phenoxy) is 6. The van der Waals surface area contributed by atoms with Crippen LogP contribution in [0, 0.1) is 28.6 Å². The molecule has 2 aromatic heterocycles. The molecule has 6 aliphatic heterocycles. The summed E-state index contributed by atoms with van der Waals surface area (Å²) >= 11 is 0. The van der Waals surface area contributed by atoms with Gasteiger partial charge in [0.05, 0.1) is 81.1 Å². The number of amides is 1. The number of nitrogens with one attached hydrogen (secondary N) is 2. The van der Waals surface area contributed by atoms with Gasteiger partial charge in [-0.15, -0.1) is 0 Å². The minimum atomic E-state index is -0.745. The number of methoxy groups -OCH3 is 3. The lowest BCUT2D eigenvalue weighted by atomic mass is 9.76. The Kier molecular flexibility index (Phi) is 25.7. The first-order chi connectivity index (χ1) is 41.4. The summed E-state index contributed by atoms with van der Waals surface area (Å²) < 4.78 is 36.8. The Hall–Kier alpha value is -4.72. The Bertz CT molecular complexity index is 2690. The molecular formula is C67H108N10O9. The van der Waals surface area contributed by atoms with Gasteiger partial charge in [-0.1, -0.05) is 60.3 Å². The van der Waals surface area contributed by atoms with Gasteiger partial charge < -0.3 is 52.9 Å². The fourth-order valence-electron chi connectivity index (χ4n) is 13.3. The zero-order valence-electron chi connectivity index (χ0n) is 55.1. The van der Waals surface area contributed by atoms with Crippen molar-refractivity contribution in [2.24, 2.45) is 16.7 Å². The van der Waals surface area contributed by atoms with E-state index in [9.17, 15) is 14.4 Å². The van der Waals surface area contributed by atoms with Crippen molar-refractivity contribution >= 4 is 40.4 Å². The number of fused-ring (bicyclic) bond motifs is 1. The summed E-state index contributed by atoms with van der Waals surface area (Å²) in [6, 6.07) is 7.50. The van der Waals surface area contributed by atoms with Crippen molar-refractivity contribution in [2.45, 2.75) is 157 Å². The van der Waals surface area contributed by atoms with E-state index in [-0.39, 0.29) is 48.0 Å². The van der Waals surface area contributed by atoms with Crippen LogP contribution in [-0.4, -0.2) is 224 Å². The molecule has 0 radical (unpaired) electrons. The molecule has 19 nitrogen and oxygen atoms in total. The molecule has 3 aromatic rings. The number of hydrazine groups is 1. The van der Waals surface area contributed by atoms with Crippen molar-refractivity contribution in [1.29, 1.82) is 0 Å². The van der Waals surface area contributed by atoms with E-state index in [2.05, 4.69) is 136 Å². The molecule has 0 saturated carbocycles. The highest BCUT2D eigenvalue weighted by Gasteiger charge is 2.52. The van der Waals surface area contributed by atoms with E-state index in [4.69, 9.17) is 33.4 Å². The number of carbonyl (C=O) groups is 3. The molecule has 1 aromatic carbocycles. The minimum Gasteiger partial charge on any atom is -0.465 e. The third-order valence-corrected chi connectivity index (χ3v) is 18.2. The van der Waals surface area contributed by atoms with Gasteiger partial charge in [0, 0.05) is 153 Å². The molecule has 2 N–H and O–H groups in total. The monoisotopic (exact) mass is 1200 g/mol. The molecule has 0 bridgehead atoms. The largest absolute Gasteiger partial charge is 0.465 e. The Morgan fingerprint density at radius 3 is 2.26 bits per heavy atom. The van der Waals surface area contributed by atoms with Gasteiger partial charge in [0.2, 0.25) is 5.91 Å². The molecule has 0 aliphatic carbocycles. The summed E-state index contributed by atoms with van der Waals surface area (Å²) in [5.74, 6) is 6.34. The number of nitrogens with zero attached hydrogens (tertiary/aromatic N) is 8. The number of hydrogen-bond acceptors (Lipinski definition) is 17. The van der Waals surface area contributed by atoms with Crippen LogP contribution in [-0.2, 0) is 55.8 Å². The highest BCUT2D eigenvalue weighted by Crippen LogP contribution is 2.44. The predicted molar refractivity (Wildman–Crippen MR) is 343 cm³/mol. The summed E-state index contributed by atoms with van der Waals surface area (Å²) in [7, 11) is 7.21. The number of esters is 1. The van der Waals surface area contributed by atoms with E-state index in [1.54, 1.807) is 21.3 Å². The van der Waals surface area contributed by atoms with Crippen molar-refractivity contribution in [1.82, 2.24) is 40.0 Å². The zero-order chi connectivity index (χ0) is 62.2. The van der Waals surface area contributed by atoms with Crippen molar-refractivity contribution in [3.63, 3.8) is 0 Å². The minimum absolute atomic E-state index is 0.0210. The highest BCUT2D eigenvalue weighted by molar-refractivity contribution is 5.95. The second-order valence-electron chi connectivity index (χ2n) is 25.7. The fourth-order valence-corrected chi connectivity index (χ4v) is 13.3. The van der Waals surface area contributed by atoms with Crippen molar-refractivity contribution < 1.29 is 42.8 Å². The van der Waals surface area contributed by atoms with E-state index in [0.717, 1.165) is 129 Å². The van der Waals surface area contributed by atoms with Gasteiger partial charge >= 0.3 is 5.97 Å². The van der Waals surface area contributed by atoms with Crippen LogP contribution in [0.25, 0.3) is 22.2 Å². The smallest absolute Gasteiger partial charge is 0.302 e. The molecule has 480 valence electrons. The molecular weight excluding hydrogens is 1090 g/mol.